The van der Waals surface area contributed by atoms with Gasteiger partial charge in [-0.2, -0.15) is 11.8 Å². The van der Waals surface area contributed by atoms with Crippen LogP contribution in [0.2, 0.25) is 0 Å². The van der Waals surface area contributed by atoms with Gasteiger partial charge in [0.1, 0.15) is 0 Å². The molecule has 0 aromatic rings. The van der Waals surface area contributed by atoms with Crippen molar-refractivity contribution in [1.82, 2.24) is 0 Å². The molecule has 0 radical (unpaired) electrons. The summed E-state index contributed by atoms with van der Waals surface area (Å²) in [4.78, 5) is 0. The molecule has 0 amide bonds. The molecule has 4 unspecified atom stereocenters. The van der Waals surface area contributed by atoms with E-state index in [1.165, 1.54) is 38.5 Å². The van der Waals surface area contributed by atoms with Gasteiger partial charge in [-0.05, 0) is 30.6 Å². The summed E-state index contributed by atoms with van der Waals surface area (Å²) in [6.07, 6.45) is 8.90. The lowest BCUT2D eigenvalue weighted by Gasteiger charge is -2.39. The van der Waals surface area contributed by atoms with Gasteiger partial charge in [-0.1, -0.05) is 46.5 Å². The van der Waals surface area contributed by atoms with Crippen molar-refractivity contribution in [3.63, 3.8) is 0 Å². The van der Waals surface area contributed by atoms with E-state index < -0.39 is 0 Å². The summed E-state index contributed by atoms with van der Waals surface area (Å²) in [6, 6.07) is 0. The minimum Gasteiger partial charge on any atom is -0.155 e. The highest BCUT2D eigenvalue weighted by molar-refractivity contribution is 8.00. The Morgan fingerprint density at radius 3 is 2.27 bits per heavy atom. The van der Waals surface area contributed by atoms with Crippen LogP contribution in [0.15, 0.2) is 0 Å². The maximum atomic E-state index is 2.46. The molecule has 1 saturated carbocycles. The maximum absolute atomic E-state index is 2.46. The van der Waals surface area contributed by atoms with Gasteiger partial charge in [0.25, 0.3) is 0 Å². The summed E-state index contributed by atoms with van der Waals surface area (Å²) in [5.74, 6) is 3.13. The predicted octanol–water partition coefficient (Wildman–Crippen LogP) is 4.73. The minimum atomic E-state index is 0.918. The largest absolute Gasteiger partial charge is 0.155 e. The van der Waals surface area contributed by atoms with Gasteiger partial charge in [-0.25, -0.2) is 0 Å². The molecule has 0 bridgehead atoms. The zero-order valence-corrected chi connectivity index (χ0v) is 11.4. The lowest BCUT2D eigenvalue weighted by Crippen LogP contribution is -2.32. The van der Waals surface area contributed by atoms with Gasteiger partial charge in [0, 0.05) is 10.5 Å². The van der Waals surface area contributed by atoms with Gasteiger partial charge < -0.3 is 0 Å². The van der Waals surface area contributed by atoms with Crippen LogP contribution in [0, 0.1) is 17.8 Å². The first-order valence-corrected chi connectivity index (χ1v) is 7.84. The molecule has 0 N–H and O–H groups in total. The zero-order valence-electron chi connectivity index (χ0n) is 10.5. The summed E-state index contributed by atoms with van der Waals surface area (Å²) in [7, 11) is 0. The van der Waals surface area contributed by atoms with E-state index in [-0.39, 0.29) is 0 Å². The number of rotatable bonds is 4. The van der Waals surface area contributed by atoms with E-state index in [1.54, 1.807) is 0 Å². The van der Waals surface area contributed by atoms with Gasteiger partial charge in [0.2, 0.25) is 0 Å². The van der Waals surface area contributed by atoms with Crippen molar-refractivity contribution in [3.8, 4) is 0 Å². The van der Waals surface area contributed by atoms with Crippen molar-refractivity contribution in [2.75, 3.05) is 0 Å². The van der Waals surface area contributed by atoms with Crippen molar-refractivity contribution in [3.05, 3.63) is 0 Å². The molecule has 1 heteroatoms. The van der Waals surface area contributed by atoms with Gasteiger partial charge in [0.05, 0.1) is 0 Å². The molecule has 4 atom stereocenters. The van der Waals surface area contributed by atoms with E-state index in [9.17, 15) is 0 Å². The highest BCUT2D eigenvalue weighted by atomic mass is 32.2. The fourth-order valence-corrected chi connectivity index (χ4v) is 5.07. The molecular weight excluding hydrogens is 200 g/mol. The normalized spacial score (nSPS) is 41.8. The Morgan fingerprint density at radius 1 is 1.07 bits per heavy atom. The molecule has 0 aromatic carbocycles. The standard InChI is InChI=1S/C14H26S/c1-4-12-9-13(5-2)14(15-10(12)3)8-11-6-7-11/h10-14H,4-9H2,1-3H3. The third kappa shape index (κ3) is 2.93. The second-order valence-corrected chi connectivity index (χ2v) is 7.25. The Hall–Kier alpha value is 0.350. The number of hydrogen-bond acceptors (Lipinski definition) is 1. The Morgan fingerprint density at radius 2 is 1.73 bits per heavy atom. The SMILES string of the molecule is CCC1CC(CC)C(CC2CC2)SC1C. The first-order chi connectivity index (χ1) is 7.24. The number of thioether (sulfide) groups is 1. The Bertz CT molecular complexity index is 198. The first-order valence-electron chi connectivity index (χ1n) is 6.90. The lowest BCUT2D eigenvalue weighted by atomic mass is 9.84. The Labute approximate surface area is 99.6 Å². The van der Waals surface area contributed by atoms with Crippen LogP contribution in [0.25, 0.3) is 0 Å². The van der Waals surface area contributed by atoms with Crippen LogP contribution in [0.3, 0.4) is 0 Å². The highest BCUT2D eigenvalue weighted by Crippen LogP contribution is 2.47. The fraction of sp³-hybridized carbons (Fsp3) is 1.00. The van der Waals surface area contributed by atoms with Crippen LogP contribution in [0.1, 0.15) is 59.3 Å². The summed E-state index contributed by atoms with van der Waals surface area (Å²) in [5, 5.41) is 1.92. The molecule has 2 fully saturated rings. The molecule has 1 heterocycles. The van der Waals surface area contributed by atoms with Crippen molar-refractivity contribution >= 4 is 11.8 Å². The highest BCUT2D eigenvalue weighted by Gasteiger charge is 2.36. The fourth-order valence-electron chi connectivity index (χ4n) is 3.09. The molecule has 1 saturated heterocycles. The third-order valence-electron chi connectivity index (χ3n) is 4.50. The van der Waals surface area contributed by atoms with E-state index in [0.717, 1.165) is 28.3 Å². The van der Waals surface area contributed by atoms with Gasteiger partial charge >= 0.3 is 0 Å². The van der Waals surface area contributed by atoms with Crippen LogP contribution in [0.4, 0.5) is 0 Å². The van der Waals surface area contributed by atoms with Gasteiger partial charge in [-0.3, -0.25) is 0 Å². The first kappa shape index (κ1) is 11.8. The van der Waals surface area contributed by atoms with Crippen molar-refractivity contribution in [1.29, 1.82) is 0 Å². The molecule has 15 heavy (non-hydrogen) atoms. The van der Waals surface area contributed by atoms with Crippen LogP contribution in [0.5, 0.6) is 0 Å². The summed E-state index contributed by atoms with van der Waals surface area (Å²) >= 11 is 2.32. The predicted molar refractivity (Wildman–Crippen MR) is 70.4 cm³/mol. The van der Waals surface area contributed by atoms with E-state index in [2.05, 4.69) is 32.5 Å². The van der Waals surface area contributed by atoms with Crippen LogP contribution >= 0.6 is 11.8 Å². The van der Waals surface area contributed by atoms with Gasteiger partial charge in [-0.15, -0.1) is 0 Å². The molecule has 0 spiro atoms. The Kier molecular flexibility index (Phi) is 4.04. The lowest BCUT2D eigenvalue weighted by molar-refractivity contribution is 0.313. The molecule has 0 aromatic heterocycles. The summed E-state index contributed by atoms with van der Waals surface area (Å²) in [5.41, 5.74) is 0. The molecule has 1 aliphatic carbocycles. The minimum absolute atomic E-state index is 0.918. The zero-order chi connectivity index (χ0) is 10.8. The quantitative estimate of drug-likeness (QED) is 0.667. The van der Waals surface area contributed by atoms with Crippen molar-refractivity contribution < 1.29 is 0 Å². The van der Waals surface area contributed by atoms with Crippen LogP contribution in [-0.2, 0) is 0 Å². The average molecular weight is 226 g/mol. The van der Waals surface area contributed by atoms with E-state index >= 15 is 0 Å². The van der Waals surface area contributed by atoms with Crippen molar-refractivity contribution in [2.24, 2.45) is 17.8 Å². The van der Waals surface area contributed by atoms with E-state index in [1.807, 2.05) is 0 Å². The summed E-state index contributed by atoms with van der Waals surface area (Å²) in [6.45, 7) is 7.23. The van der Waals surface area contributed by atoms with Gasteiger partial charge in [0.15, 0.2) is 0 Å². The molecule has 2 aliphatic rings. The molecular formula is C14H26S. The average Bonchev–Trinajstić information content (AvgIpc) is 3.02. The monoisotopic (exact) mass is 226 g/mol. The second-order valence-electron chi connectivity index (χ2n) is 5.63. The topological polar surface area (TPSA) is 0 Å². The van der Waals surface area contributed by atoms with E-state index in [4.69, 9.17) is 0 Å². The third-order valence-corrected chi connectivity index (χ3v) is 6.24. The molecule has 2 rings (SSSR count). The van der Waals surface area contributed by atoms with E-state index in [0.29, 0.717) is 0 Å². The number of hydrogen-bond donors (Lipinski definition) is 0. The van der Waals surface area contributed by atoms with Crippen LogP contribution < -0.4 is 0 Å². The smallest absolute Gasteiger partial charge is 0.00807 e. The molecule has 0 nitrogen and oxygen atoms in total. The summed E-state index contributed by atoms with van der Waals surface area (Å²) < 4.78 is 0. The van der Waals surface area contributed by atoms with Crippen LogP contribution in [-0.4, -0.2) is 10.5 Å². The molecule has 88 valence electrons. The molecule has 1 aliphatic heterocycles. The van der Waals surface area contributed by atoms with Crippen molar-refractivity contribution in [2.45, 2.75) is 69.8 Å². The Balaban J connectivity index is 1.91. The maximum Gasteiger partial charge on any atom is 0.00807 e. The second kappa shape index (κ2) is 5.12.